The Balaban J connectivity index is 2.51. The second-order valence-corrected chi connectivity index (χ2v) is 4.25. The molecule has 2 aromatic heterocycles. The maximum absolute atomic E-state index is 5.46. The van der Waals surface area contributed by atoms with Crippen molar-refractivity contribution in [2.24, 2.45) is 0 Å². The molecule has 2 rings (SSSR count). The molecular weight excluding hydrogens is 312 g/mol. The molecule has 3 nitrogen and oxygen atoms in total. The molecule has 5 heteroatoms. The normalized spacial score (nSPS) is 10.8. The number of furan rings is 1. The first-order valence-corrected chi connectivity index (χ1v) is 5.77. The molecule has 0 aliphatic carbocycles. The number of rotatable bonds is 2. The summed E-state index contributed by atoms with van der Waals surface area (Å²) < 4.78 is 9.04. The Kier molecular flexibility index (Phi) is 2.78. The van der Waals surface area contributed by atoms with Gasteiger partial charge in [0.25, 0.3) is 0 Å². The smallest absolute Gasteiger partial charge is 0.177 e. The third-order valence-corrected chi connectivity index (χ3v) is 3.01. The lowest BCUT2D eigenvalue weighted by Crippen LogP contribution is -1.96. The molecule has 0 unspecified atom stereocenters. The highest BCUT2D eigenvalue weighted by Gasteiger charge is 2.11. The zero-order valence-corrected chi connectivity index (χ0v) is 10.7. The van der Waals surface area contributed by atoms with Crippen molar-refractivity contribution in [3.63, 3.8) is 0 Å². The summed E-state index contributed by atoms with van der Waals surface area (Å²) in [5.41, 5.74) is 0.977. The number of nitrogens with zero attached hydrogens (tertiary/aromatic N) is 2. The summed E-state index contributed by atoms with van der Waals surface area (Å²) in [4.78, 5) is 4.18. The van der Waals surface area contributed by atoms with Gasteiger partial charge >= 0.3 is 0 Å². The highest BCUT2D eigenvalue weighted by atomic mass is 79.9. The first-order valence-electron chi connectivity index (χ1n) is 4.19. The van der Waals surface area contributed by atoms with Crippen LogP contribution in [-0.2, 0) is 6.54 Å². The van der Waals surface area contributed by atoms with E-state index in [2.05, 4.69) is 43.8 Å². The van der Waals surface area contributed by atoms with E-state index in [-0.39, 0.29) is 0 Å². The summed E-state index contributed by atoms with van der Waals surface area (Å²) in [5, 5.41) is 0. The average molecular weight is 320 g/mol. The van der Waals surface area contributed by atoms with Gasteiger partial charge in [-0.05, 0) is 50.9 Å². The van der Waals surface area contributed by atoms with E-state index in [9.17, 15) is 0 Å². The standard InChI is InChI=1S/C9H8Br2N2O/c1-2-13-6(5-12-9(13)11)7-3-4-8(10)14-7/h3-5H,2H2,1H3. The third-order valence-electron chi connectivity index (χ3n) is 1.95. The lowest BCUT2D eigenvalue weighted by molar-refractivity contribution is 0.548. The molecule has 0 aliphatic heterocycles. The SMILES string of the molecule is CCn1c(-c2ccc(Br)o2)cnc1Br. The maximum Gasteiger partial charge on any atom is 0.177 e. The molecule has 0 radical (unpaired) electrons. The predicted octanol–water partition coefficient (Wildman–Crippen LogP) is 3.69. The minimum atomic E-state index is 0.729. The summed E-state index contributed by atoms with van der Waals surface area (Å²) in [6.07, 6.45) is 1.79. The van der Waals surface area contributed by atoms with E-state index in [4.69, 9.17) is 4.42 Å². The zero-order chi connectivity index (χ0) is 10.1. The van der Waals surface area contributed by atoms with Crippen molar-refractivity contribution in [1.29, 1.82) is 0 Å². The van der Waals surface area contributed by atoms with Gasteiger partial charge in [0, 0.05) is 6.54 Å². The first-order chi connectivity index (χ1) is 6.72. The van der Waals surface area contributed by atoms with Gasteiger partial charge in [-0.25, -0.2) is 4.98 Å². The Hall–Kier alpha value is -0.550. The molecule has 14 heavy (non-hydrogen) atoms. The van der Waals surface area contributed by atoms with Crippen molar-refractivity contribution in [3.8, 4) is 11.5 Å². The van der Waals surface area contributed by atoms with Crippen molar-refractivity contribution in [1.82, 2.24) is 9.55 Å². The minimum absolute atomic E-state index is 0.729. The summed E-state index contributed by atoms with van der Waals surface area (Å²) in [6.45, 7) is 2.92. The van der Waals surface area contributed by atoms with Crippen LogP contribution >= 0.6 is 31.9 Å². The van der Waals surface area contributed by atoms with Gasteiger partial charge in [0.2, 0.25) is 0 Å². The second-order valence-electron chi connectivity index (χ2n) is 2.76. The lowest BCUT2D eigenvalue weighted by Gasteiger charge is -2.02. The van der Waals surface area contributed by atoms with Crippen LogP contribution < -0.4 is 0 Å². The van der Waals surface area contributed by atoms with Crippen LogP contribution in [0.3, 0.4) is 0 Å². The van der Waals surface area contributed by atoms with E-state index in [0.717, 1.165) is 27.4 Å². The molecule has 0 spiro atoms. The van der Waals surface area contributed by atoms with Gasteiger partial charge in [0.1, 0.15) is 5.69 Å². The summed E-state index contributed by atoms with van der Waals surface area (Å²) >= 11 is 6.65. The van der Waals surface area contributed by atoms with E-state index in [1.54, 1.807) is 6.20 Å². The molecule has 0 atom stereocenters. The molecule has 0 saturated heterocycles. The number of halogens is 2. The Morgan fingerprint density at radius 3 is 2.79 bits per heavy atom. The second kappa shape index (κ2) is 3.90. The Morgan fingerprint density at radius 2 is 2.21 bits per heavy atom. The van der Waals surface area contributed by atoms with E-state index >= 15 is 0 Å². The summed E-state index contributed by atoms with van der Waals surface area (Å²) in [5.74, 6) is 0.817. The number of hydrogen-bond donors (Lipinski definition) is 0. The van der Waals surface area contributed by atoms with E-state index in [1.165, 1.54) is 0 Å². The lowest BCUT2D eigenvalue weighted by atomic mass is 10.3. The summed E-state index contributed by atoms with van der Waals surface area (Å²) in [7, 11) is 0. The van der Waals surface area contributed by atoms with Crippen molar-refractivity contribution in [2.75, 3.05) is 0 Å². The van der Waals surface area contributed by atoms with Gasteiger partial charge in [-0.15, -0.1) is 0 Å². The predicted molar refractivity (Wildman–Crippen MR) is 61.0 cm³/mol. The fraction of sp³-hybridized carbons (Fsp3) is 0.222. The molecular formula is C9H8Br2N2O. The Labute approximate surface area is 98.4 Å². The van der Waals surface area contributed by atoms with E-state index in [0.29, 0.717) is 0 Å². The van der Waals surface area contributed by atoms with Crippen LogP contribution in [-0.4, -0.2) is 9.55 Å². The number of imidazole rings is 1. The van der Waals surface area contributed by atoms with Crippen molar-refractivity contribution in [2.45, 2.75) is 13.5 Å². The van der Waals surface area contributed by atoms with Crippen LogP contribution in [0.1, 0.15) is 6.92 Å². The Bertz CT molecular complexity index is 447. The molecule has 0 aliphatic rings. The van der Waals surface area contributed by atoms with Gasteiger partial charge in [-0.2, -0.15) is 0 Å². The highest BCUT2D eigenvalue weighted by Crippen LogP contribution is 2.27. The van der Waals surface area contributed by atoms with Crippen LogP contribution in [0, 0.1) is 0 Å². The highest BCUT2D eigenvalue weighted by molar-refractivity contribution is 9.10. The average Bonchev–Trinajstić information content (AvgIpc) is 2.71. The fourth-order valence-electron chi connectivity index (χ4n) is 1.30. The molecule has 0 bridgehead atoms. The van der Waals surface area contributed by atoms with Crippen LogP contribution in [0.5, 0.6) is 0 Å². The van der Waals surface area contributed by atoms with Crippen LogP contribution in [0.2, 0.25) is 0 Å². The topological polar surface area (TPSA) is 31.0 Å². The first kappa shape index (κ1) is 9.98. The van der Waals surface area contributed by atoms with Gasteiger partial charge in [-0.3, -0.25) is 0 Å². The zero-order valence-electron chi connectivity index (χ0n) is 7.50. The molecule has 0 fully saturated rings. The van der Waals surface area contributed by atoms with Crippen LogP contribution in [0.4, 0.5) is 0 Å². The molecule has 2 heterocycles. The van der Waals surface area contributed by atoms with Crippen molar-refractivity contribution >= 4 is 31.9 Å². The maximum atomic E-state index is 5.46. The van der Waals surface area contributed by atoms with Crippen molar-refractivity contribution < 1.29 is 4.42 Å². The van der Waals surface area contributed by atoms with Gasteiger partial charge in [0.05, 0.1) is 6.20 Å². The van der Waals surface area contributed by atoms with Gasteiger partial charge in [0.15, 0.2) is 15.2 Å². The number of hydrogen-bond acceptors (Lipinski definition) is 2. The molecule has 74 valence electrons. The minimum Gasteiger partial charge on any atom is -0.448 e. The van der Waals surface area contributed by atoms with E-state index in [1.807, 2.05) is 16.7 Å². The van der Waals surface area contributed by atoms with Crippen LogP contribution in [0.25, 0.3) is 11.5 Å². The summed E-state index contributed by atoms with van der Waals surface area (Å²) in [6, 6.07) is 3.79. The third kappa shape index (κ3) is 1.66. The van der Waals surface area contributed by atoms with E-state index < -0.39 is 0 Å². The fourth-order valence-corrected chi connectivity index (χ4v) is 2.15. The largest absolute Gasteiger partial charge is 0.448 e. The molecule has 0 amide bonds. The monoisotopic (exact) mass is 318 g/mol. The van der Waals surface area contributed by atoms with Crippen LogP contribution in [0.15, 0.2) is 32.1 Å². The quantitative estimate of drug-likeness (QED) is 0.845. The molecule has 2 aromatic rings. The molecule has 0 N–H and O–H groups in total. The van der Waals surface area contributed by atoms with Gasteiger partial charge < -0.3 is 8.98 Å². The number of aromatic nitrogens is 2. The molecule has 0 saturated carbocycles. The van der Waals surface area contributed by atoms with Gasteiger partial charge in [-0.1, -0.05) is 0 Å². The van der Waals surface area contributed by atoms with Crippen molar-refractivity contribution in [3.05, 3.63) is 27.7 Å². The molecule has 0 aromatic carbocycles. The Morgan fingerprint density at radius 1 is 1.43 bits per heavy atom.